The number of benzene rings is 1. The van der Waals surface area contributed by atoms with E-state index < -0.39 is 47.9 Å². The van der Waals surface area contributed by atoms with Gasteiger partial charge in [0.05, 0.1) is 29.8 Å². The van der Waals surface area contributed by atoms with Crippen LogP contribution in [-0.2, 0) is 25.5 Å². The lowest BCUT2D eigenvalue weighted by atomic mass is 9.69. The molecule has 3 aliphatic rings. The number of nitrogens with one attached hydrogen (secondary N) is 2. The fourth-order valence-corrected chi connectivity index (χ4v) is 7.95. The highest BCUT2D eigenvalue weighted by Crippen LogP contribution is 2.46. The molecule has 2 amide bonds. The quantitative estimate of drug-likeness (QED) is 0.428. The standard InChI is InChI=1S/C33H50N4O6/c1-18-14-33(41)15-24-27(36(5)6)12-19(2)42-32(24)43-29(33)20(3)28(38)21(4)30(39)35-26(31(40)37(7)17-18)13-22-16-34-25-11-9-8-10-23(22)25/h8-11,16,18-21,24,26-29,32,34,38,41H,12-15,17H2,1-7H3,(H,35,39)/t18-,19-,20+,21-,24-,26+,27+,28+,29-,32+,33+/m1/s1. The van der Waals surface area contributed by atoms with Crippen LogP contribution < -0.4 is 5.32 Å². The van der Waals surface area contributed by atoms with Crippen molar-refractivity contribution in [2.45, 2.75) is 95.7 Å². The predicted molar refractivity (Wildman–Crippen MR) is 164 cm³/mol. The van der Waals surface area contributed by atoms with Crippen LogP contribution in [0.4, 0.5) is 0 Å². The largest absolute Gasteiger partial charge is 0.392 e. The summed E-state index contributed by atoms with van der Waals surface area (Å²) in [5.41, 5.74) is 0.617. The first kappa shape index (κ1) is 31.9. The van der Waals surface area contributed by atoms with Crippen LogP contribution in [0.3, 0.4) is 0 Å². The Kier molecular flexibility index (Phi) is 9.26. The summed E-state index contributed by atoms with van der Waals surface area (Å²) in [5.74, 6) is -2.16. The maximum absolute atomic E-state index is 13.9. The van der Waals surface area contributed by atoms with Crippen molar-refractivity contribution in [1.29, 1.82) is 0 Å². The number of hydrogen-bond donors (Lipinski definition) is 4. The summed E-state index contributed by atoms with van der Waals surface area (Å²) in [6, 6.07) is 7.23. The van der Waals surface area contributed by atoms with Gasteiger partial charge in [0.2, 0.25) is 11.8 Å². The molecule has 0 spiro atoms. The van der Waals surface area contributed by atoms with E-state index in [1.165, 1.54) is 0 Å². The first-order valence-electron chi connectivity index (χ1n) is 15.8. The number of amides is 2. The first-order valence-corrected chi connectivity index (χ1v) is 15.8. The molecule has 0 unspecified atom stereocenters. The summed E-state index contributed by atoms with van der Waals surface area (Å²) < 4.78 is 12.9. The second-order valence-electron chi connectivity index (χ2n) is 13.9. The van der Waals surface area contributed by atoms with Gasteiger partial charge in [-0.15, -0.1) is 0 Å². The first-order chi connectivity index (χ1) is 20.3. The van der Waals surface area contributed by atoms with Crippen LogP contribution in [0.2, 0.25) is 0 Å². The molecule has 4 heterocycles. The number of aliphatic hydroxyl groups is 2. The van der Waals surface area contributed by atoms with Gasteiger partial charge in [0.1, 0.15) is 6.04 Å². The molecule has 10 nitrogen and oxygen atoms in total. The van der Waals surface area contributed by atoms with Crippen LogP contribution in [0.5, 0.6) is 0 Å². The zero-order valence-corrected chi connectivity index (χ0v) is 26.6. The van der Waals surface area contributed by atoms with E-state index in [4.69, 9.17) is 9.47 Å². The van der Waals surface area contributed by atoms with Crippen LogP contribution >= 0.6 is 0 Å². The van der Waals surface area contributed by atoms with Crippen LogP contribution in [0, 0.1) is 23.7 Å². The van der Waals surface area contributed by atoms with E-state index in [0.717, 1.165) is 22.9 Å². The summed E-state index contributed by atoms with van der Waals surface area (Å²) in [5, 5.41) is 28.0. The fraction of sp³-hybridized carbons (Fsp3) is 0.697. The van der Waals surface area contributed by atoms with Crippen molar-refractivity contribution in [3.05, 3.63) is 36.0 Å². The number of aliphatic hydroxyl groups excluding tert-OH is 1. The number of hydrogen-bond acceptors (Lipinski definition) is 7. The van der Waals surface area contributed by atoms with Crippen molar-refractivity contribution >= 4 is 22.7 Å². The van der Waals surface area contributed by atoms with Crippen molar-refractivity contribution in [3.8, 4) is 0 Å². The summed E-state index contributed by atoms with van der Waals surface area (Å²) in [6.07, 6.45) is 1.46. The minimum atomic E-state index is -1.28. The molecule has 0 aliphatic carbocycles. The summed E-state index contributed by atoms with van der Waals surface area (Å²) in [6.45, 7) is 7.98. The fourth-order valence-electron chi connectivity index (χ4n) is 7.95. The molecule has 0 saturated carbocycles. The Hall–Kier alpha value is -2.50. The third kappa shape index (κ3) is 6.35. The van der Waals surface area contributed by atoms with E-state index in [2.05, 4.69) is 15.2 Å². The van der Waals surface area contributed by atoms with Crippen LogP contribution in [0.15, 0.2) is 30.5 Å². The smallest absolute Gasteiger partial charge is 0.245 e. The van der Waals surface area contributed by atoms with Gasteiger partial charge in [-0.1, -0.05) is 39.0 Å². The summed E-state index contributed by atoms with van der Waals surface area (Å²) in [4.78, 5) is 34.6. The summed E-state index contributed by atoms with van der Waals surface area (Å²) in [7, 11) is 5.84. The van der Waals surface area contributed by atoms with Crippen molar-refractivity contribution < 1.29 is 29.3 Å². The lowest BCUT2D eigenvalue weighted by Crippen LogP contribution is -2.64. The monoisotopic (exact) mass is 598 g/mol. The topological polar surface area (TPSA) is 127 Å². The maximum atomic E-state index is 13.9. The number of carbonyl (C=O) groups is 2. The van der Waals surface area contributed by atoms with Gasteiger partial charge in [0.25, 0.3) is 0 Å². The Balaban J connectivity index is 1.46. The van der Waals surface area contributed by atoms with E-state index >= 15 is 0 Å². The highest BCUT2D eigenvalue weighted by atomic mass is 16.7. The zero-order chi connectivity index (χ0) is 31.2. The number of aromatic amines is 1. The molecule has 10 heteroatoms. The summed E-state index contributed by atoms with van der Waals surface area (Å²) >= 11 is 0. The molecule has 11 atom stereocenters. The molecule has 3 aliphatic heterocycles. The number of ether oxygens (including phenoxy) is 2. The molecular formula is C33H50N4O6. The maximum Gasteiger partial charge on any atom is 0.245 e. The molecule has 0 bridgehead atoms. The van der Waals surface area contributed by atoms with Gasteiger partial charge in [-0.05, 0) is 57.8 Å². The molecular weight excluding hydrogens is 548 g/mol. The molecule has 2 aromatic rings. The Morgan fingerprint density at radius 2 is 1.81 bits per heavy atom. The second-order valence-corrected chi connectivity index (χ2v) is 13.9. The average Bonchev–Trinajstić information content (AvgIpc) is 3.36. The average molecular weight is 599 g/mol. The van der Waals surface area contributed by atoms with Crippen LogP contribution in [0.1, 0.15) is 52.5 Å². The van der Waals surface area contributed by atoms with E-state index in [0.29, 0.717) is 25.8 Å². The number of fused-ring (bicyclic) bond motifs is 3. The van der Waals surface area contributed by atoms with E-state index in [9.17, 15) is 19.8 Å². The molecule has 3 saturated heterocycles. The third-order valence-corrected chi connectivity index (χ3v) is 10.2. The van der Waals surface area contributed by atoms with Gasteiger partial charge in [-0.25, -0.2) is 0 Å². The highest BCUT2D eigenvalue weighted by molar-refractivity contribution is 5.90. The van der Waals surface area contributed by atoms with Crippen molar-refractivity contribution in [3.63, 3.8) is 0 Å². The predicted octanol–water partition coefficient (Wildman–Crippen LogP) is 2.53. The van der Waals surface area contributed by atoms with Gasteiger partial charge in [-0.2, -0.15) is 0 Å². The molecule has 3 fully saturated rings. The number of nitrogens with zero attached hydrogens (tertiary/aromatic N) is 2. The van der Waals surface area contributed by atoms with Gasteiger partial charge in [-0.3, -0.25) is 9.59 Å². The van der Waals surface area contributed by atoms with Gasteiger partial charge >= 0.3 is 0 Å². The Labute approximate surface area is 255 Å². The lowest BCUT2D eigenvalue weighted by Gasteiger charge is -2.55. The molecule has 4 N–H and O–H groups in total. The minimum Gasteiger partial charge on any atom is -0.392 e. The molecule has 43 heavy (non-hydrogen) atoms. The molecule has 0 radical (unpaired) electrons. The molecule has 1 aromatic heterocycles. The minimum absolute atomic E-state index is 0.00722. The van der Waals surface area contributed by atoms with Crippen molar-refractivity contribution in [2.75, 3.05) is 27.7 Å². The Morgan fingerprint density at radius 1 is 1.09 bits per heavy atom. The molecule has 5 rings (SSSR count). The highest BCUT2D eigenvalue weighted by Gasteiger charge is 2.56. The third-order valence-electron chi connectivity index (χ3n) is 10.2. The van der Waals surface area contributed by atoms with Crippen LogP contribution in [-0.4, -0.2) is 107 Å². The number of carbonyl (C=O) groups excluding carboxylic acids is 2. The van der Waals surface area contributed by atoms with Crippen molar-refractivity contribution in [1.82, 2.24) is 20.1 Å². The van der Waals surface area contributed by atoms with Gasteiger partial charge in [0.15, 0.2) is 6.29 Å². The number of aromatic nitrogens is 1. The van der Waals surface area contributed by atoms with E-state index in [-0.39, 0.29) is 29.9 Å². The second kappa shape index (κ2) is 12.5. The SMILES string of the molecule is C[C@H]1CN(C)C(=O)[C@H](Cc2c[nH]c3ccccc23)NC(=O)[C@H](C)[C@@H](O)[C@H](C)[C@H]2O[C@@H]3O[C@H](C)C[C@H](N(C)C)[C@H]3C[C@@]2(O)C1. The molecule has 1 aromatic carbocycles. The molecule has 238 valence electrons. The zero-order valence-electron chi connectivity index (χ0n) is 26.6. The normalized spacial score (nSPS) is 39.8. The number of para-hydroxylation sites is 1. The Morgan fingerprint density at radius 3 is 2.53 bits per heavy atom. The van der Waals surface area contributed by atoms with Crippen LogP contribution in [0.25, 0.3) is 10.9 Å². The van der Waals surface area contributed by atoms with Crippen molar-refractivity contribution in [2.24, 2.45) is 23.7 Å². The number of likely N-dealkylation sites (N-methyl/N-ethyl adjacent to an activating group) is 1. The lowest BCUT2D eigenvalue weighted by molar-refractivity contribution is -0.328. The Bertz CT molecular complexity index is 1300. The number of H-pyrrole nitrogens is 1. The van der Waals surface area contributed by atoms with Gasteiger partial charge < -0.3 is 39.8 Å². The van der Waals surface area contributed by atoms with E-state index in [1.54, 1.807) is 18.9 Å². The van der Waals surface area contributed by atoms with Gasteiger partial charge in [0, 0.05) is 55.0 Å². The number of rotatable bonds is 3. The van der Waals surface area contributed by atoms with E-state index in [1.807, 2.05) is 65.3 Å².